The molecule has 0 unspecified atom stereocenters. The van der Waals surface area contributed by atoms with Gasteiger partial charge in [0.05, 0.1) is 14.2 Å². The maximum absolute atomic E-state index is 12.7. The molecule has 0 saturated heterocycles. The zero-order valence-electron chi connectivity index (χ0n) is 18.9. The zero-order valence-corrected chi connectivity index (χ0v) is 18.9. The first-order chi connectivity index (χ1) is 15.1. The second kappa shape index (κ2) is 10.7. The lowest BCUT2D eigenvalue weighted by atomic mass is 10.2. The quantitative estimate of drug-likeness (QED) is 0.401. The molecule has 7 nitrogen and oxygen atoms in total. The molecule has 1 amide bonds. The van der Waals surface area contributed by atoms with Gasteiger partial charge < -0.3 is 24.6 Å². The van der Waals surface area contributed by atoms with Gasteiger partial charge in [0.2, 0.25) is 5.91 Å². The largest absolute Gasteiger partial charge is 0.497 e. The van der Waals surface area contributed by atoms with Crippen molar-refractivity contribution in [3.05, 3.63) is 53.6 Å². The Bertz CT molecular complexity index is 929. The van der Waals surface area contributed by atoms with Crippen LogP contribution in [0.25, 0.3) is 0 Å². The number of carbonyl (C=O) groups excluding carboxylic acids is 1. The highest BCUT2D eigenvalue weighted by molar-refractivity contribution is 5.95. The number of para-hydroxylation sites is 1. The Labute approximate surface area is 184 Å². The summed E-state index contributed by atoms with van der Waals surface area (Å²) in [4.78, 5) is 21.0. The summed E-state index contributed by atoms with van der Waals surface area (Å²) in [6, 6.07) is 13.9. The summed E-state index contributed by atoms with van der Waals surface area (Å²) in [6.45, 7) is 2.09. The Morgan fingerprint density at radius 3 is 2.74 bits per heavy atom. The third kappa shape index (κ3) is 5.48. The highest BCUT2D eigenvalue weighted by atomic mass is 16.5. The minimum absolute atomic E-state index is 0.179. The first-order valence-electron chi connectivity index (χ1n) is 10.6. The zero-order chi connectivity index (χ0) is 22.2. The predicted octanol–water partition coefficient (Wildman–Crippen LogP) is 3.08. The fourth-order valence-electron chi connectivity index (χ4n) is 3.87. The van der Waals surface area contributed by atoms with E-state index in [4.69, 9.17) is 9.47 Å². The number of hydrogen-bond donors (Lipinski definition) is 1. The molecular weight excluding hydrogens is 392 g/mol. The molecule has 0 spiro atoms. The van der Waals surface area contributed by atoms with Gasteiger partial charge in [0.25, 0.3) is 0 Å². The summed E-state index contributed by atoms with van der Waals surface area (Å²) in [5.74, 6) is 2.49. The Kier molecular flexibility index (Phi) is 7.76. The van der Waals surface area contributed by atoms with Gasteiger partial charge in [-0.25, -0.2) is 0 Å². The van der Waals surface area contributed by atoms with Crippen LogP contribution < -0.4 is 19.7 Å². The summed E-state index contributed by atoms with van der Waals surface area (Å²) in [7, 11) is 7.03. The number of carbonyl (C=O) groups is 1. The van der Waals surface area contributed by atoms with Crippen LogP contribution in [0.1, 0.15) is 24.0 Å². The highest BCUT2D eigenvalue weighted by Gasteiger charge is 2.23. The van der Waals surface area contributed by atoms with Gasteiger partial charge in [-0.15, -0.1) is 0 Å². The van der Waals surface area contributed by atoms with Crippen LogP contribution in [0.2, 0.25) is 0 Å². The minimum atomic E-state index is 0.179. The normalized spacial score (nSPS) is 13.0. The number of anilines is 1. The number of methoxy groups -OCH3 is 2. The third-order valence-corrected chi connectivity index (χ3v) is 5.51. The first-order valence-corrected chi connectivity index (χ1v) is 10.6. The molecule has 0 radical (unpaired) electrons. The van der Waals surface area contributed by atoms with E-state index >= 15 is 0 Å². The average molecular weight is 425 g/mol. The van der Waals surface area contributed by atoms with Gasteiger partial charge in [0, 0.05) is 57.5 Å². The second-order valence-corrected chi connectivity index (χ2v) is 7.54. The van der Waals surface area contributed by atoms with Crippen molar-refractivity contribution in [2.75, 3.05) is 46.3 Å². The fraction of sp³-hybridized carbons (Fsp3) is 0.417. The number of aliphatic imine (C=N–C) groups is 1. The van der Waals surface area contributed by atoms with E-state index in [2.05, 4.69) is 16.4 Å². The Morgan fingerprint density at radius 2 is 2.00 bits per heavy atom. The van der Waals surface area contributed by atoms with E-state index in [1.54, 1.807) is 21.3 Å². The number of amides is 1. The summed E-state index contributed by atoms with van der Waals surface area (Å²) in [5.41, 5.74) is 3.35. The first kappa shape index (κ1) is 22.5. The summed E-state index contributed by atoms with van der Waals surface area (Å²) in [5, 5.41) is 3.35. The van der Waals surface area contributed by atoms with Gasteiger partial charge in [-0.05, 0) is 36.6 Å². The van der Waals surface area contributed by atoms with Crippen molar-refractivity contribution in [3.8, 4) is 11.5 Å². The van der Waals surface area contributed by atoms with E-state index in [9.17, 15) is 4.79 Å². The van der Waals surface area contributed by atoms with Crippen LogP contribution >= 0.6 is 0 Å². The van der Waals surface area contributed by atoms with Crippen molar-refractivity contribution >= 4 is 17.6 Å². The Balaban J connectivity index is 1.48. The molecule has 1 heterocycles. The molecular formula is C24H32N4O3. The number of fused-ring (bicyclic) bond motifs is 1. The van der Waals surface area contributed by atoms with E-state index in [-0.39, 0.29) is 5.91 Å². The molecule has 7 heteroatoms. The van der Waals surface area contributed by atoms with Crippen LogP contribution in [0.3, 0.4) is 0 Å². The monoisotopic (exact) mass is 424 g/mol. The molecule has 0 fully saturated rings. The highest BCUT2D eigenvalue weighted by Crippen LogP contribution is 2.28. The van der Waals surface area contributed by atoms with E-state index in [0.717, 1.165) is 48.1 Å². The van der Waals surface area contributed by atoms with Crippen molar-refractivity contribution < 1.29 is 14.3 Å². The summed E-state index contributed by atoms with van der Waals surface area (Å²) < 4.78 is 10.8. The van der Waals surface area contributed by atoms with Crippen LogP contribution in [0.4, 0.5) is 5.69 Å². The number of guanidine groups is 1. The van der Waals surface area contributed by atoms with Crippen molar-refractivity contribution in [1.82, 2.24) is 10.2 Å². The smallest absolute Gasteiger partial charge is 0.227 e. The maximum Gasteiger partial charge on any atom is 0.227 e. The number of hydrogen-bond acceptors (Lipinski definition) is 4. The topological polar surface area (TPSA) is 66.4 Å². The van der Waals surface area contributed by atoms with Crippen molar-refractivity contribution in [2.45, 2.75) is 25.8 Å². The molecule has 31 heavy (non-hydrogen) atoms. The van der Waals surface area contributed by atoms with Crippen LogP contribution in [0, 0.1) is 0 Å². The van der Waals surface area contributed by atoms with E-state index in [0.29, 0.717) is 19.5 Å². The maximum atomic E-state index is 12.7. The Morgan fingerprint density at radius 1 is 1.19 bits per heavy atom. The van der Waals surface area contributed by atoms with Gasteiger partial charge in [0.1, 0.15) is 11.5 Å². The standard InChI is InChI=1S/C24H32N4O3/c1-25-24(27(2)17-19-11-12-20(30-3)16-22(19)31-4)26-14-7-10-23(29)28-15-13-18-8-5-6-9-21(18)28/h5-6,8-9,11-12,16H,7,10,13-15,17H2,1-4H3,(H,25,26). The number of nitrogens with zero attached hydrogens (tertiary/aromatic N) is 3. The molecule has 2 aromatic carbocycles. The average Bonchev–Trinajstić information content (AvgIpc) is 3.23. The van der Waals surface area contributed by atoms with Crippen LogP contribution in [0.15, 0.2) is 47.5 Å². The van der Waals surface area contributed by atoms with E-state index < -0.39 is 0 Å². The SMILES string of the molecule is CN=C(NCCCC(=O)N1CCc2ccccc21)N(C)Cc1ccc(OC)cc1OC. The molecule has 0 atom stereocenters. The molecule has 0 aliphatic carbocycles. The molecule has 166 valence electrons. The molecule has 1 N–H and O–H groups in total. The van der Waals surface area contributed by atoms with Crippen molar-refractivity contribution in [2.24, 2.45) is 4.99 Å². The lowest BCUT2D eigenvalue weighted by molar-refractivity contribution is -0.118. The second-order valence-electron chi connectivity index (χ2n) is 7.54. The fourth-order valence-corrected chi connectivity index (χ4v) is 3.87. The molecule has 2 aromatic rings. The number of rotatable bonds is 8. The van der Waals surface area contributed by atoms with E-state index in [1.807, 2.05) is 53.2 Å². The third-order valence-electron chi connectivity index (χ3n) is 5.51. The van der Waals surface area contributed by atoms with Gasteiger partial charge in [-0.2, -0.15) is 0 Å². The Hall–Kier alpha value is -3.22. The minimum Gasteiger partial charge on any atom is -0.497 e. The van der Waals surface area contributed by atoms with Crippen molar-refractivity contribution in [1.29, 1.82) is 0 Å². The summed E-state index contributed by atoms with van der Waals surface area (Å²) in [6.07, 6.45) is 2.19. The molecule has 0 bridgehead atoms. The number of benzene rings is 2. The van der Waals surface area contributed by atoms with Crippen LogP contribution in [0.5, 0.6) is 11.5 Å². The van der Waals surface area contributed by atoms with Crippen LogP contribution in [-0.2, 0) is 17.8 Å². The van der Waals surface area contributed by atoms with Gasteiger partial charge in [0.15, 0.2) is 5.96 Å². The molecule has 0 aromatic heterocycles. The predicted molar refractivity (Wildman–Crippen MR) is 124 cm³/mol. The number of nitrogens with one attached hydrogen (secondary N) is 1. The van der Waals surface area contributed by atoms with Crippen molar-refractivity contribution in [3.63, 3.8) is 0 Å². The van der Waals surface area contributed by atoms with Gasteiger partial charge >= 0.3 is 0 Å². The van der Waals surface area contributed by atoms with E-state index in [1.165, 1.54) is 5.56 Å². The molecule has 0 saturated carbocycles. The number of ether oxygens (including phenoxy) is 2. The lowest BCUT2D eigenvalue weighted by Crippen LogP contribution is -2.39. The van der Waals surface area contributed by atoms with Gasteiger partial charge in [-0.1, -0.05) is 18.2 Å². The molecule has 3 rings (SSSR count). The summed E-state index contributed by atoms with van der Waals surface area (Å²) >= 11 is 0. The lowest BCUT2D eigenvalue weighted by Gasteiger charge is -2.23. The van der Waals surface area contributed by atoms with Crippen LogP contribution in [-0.4, -0.2) is 58.2 Å². The molecule has 1 aliphatic heterocycles. The van der Waals surface area contributed by atoms with Gasteiger partial charge in [-0.3, -0.25) is 9.79 Å². The molecule has 1 aliphatic rings.